The molecule has 0 saturated carbocycles. The molecule has 2 aromatic carbocycles. The number of aryl methyl sites for hydroxylation is 1. The minimum absolute atomic E-state index is 0.0881. The number of hydrogen-bond acceptors (Lipinski definition) is 6. The van der Waals surface area contributed by atoms with Crippen molar-refractivity contribution >= 4 is 35.0 Å². The van der Waals surface area contributed by atoms with Crippen LogP contribution in [0, 0.1) is 6.92 Å². The smallest absolute Gasteiger partial charge is 0.237 e. The number of thioether (sulfide) groups is 1. The summed E-state index contributed by atoms with van der Waals surface area (Å²) in [5, 5.41) is 12.3. The van der Waals surface area contributed by atoms with Crippen LogP contribution in [0.3, 0.4) is 0 Å². The molecule has 172 valence electrons. The molecule has 3 aromatic rings. The van der Waals surface area contributed by atoms with Gasteiger partial charge in [-0.25, -0.2) is 0 Å². The van der Waals surface area contributed by atoms with Crippen molar-refractivity contribution in [2.24, 2.45) is 0 Å². The summed E-state index contributed by atoms with van der Waals surface area (Å²) in [6, 6.07) is 15.2. The highest BCUT2D eigenvalue weighted by atomic mass is 32.2. The number of carbonyl (C=O) groups excluding carboxylic acids is 2. The van der Waals surface area contributed by atoms with E-state index in [0.717, 1.165) is 17.0 Å². The zero-order valence-corrected chi connectivity index (χ0v) is 19.8. The number of benzene rings is 2. The summed E-state index contributed by atoms with van der Waals surface area (Å²) in [4.78, 5) is 27.3. The summed E-state index contributed by atoms with van der Waals surface area (Å²) in [7, 11) is 1.65. The fourth-order valence-corrected chi connectivity index (χ4v) is 4.76. The first-order valence-corrected chi connectivity index (χ1v) is 11.8. The predicted octanol–water partition coefficient (Wildman–Crippen LogP) is 3.76. The van der Waals surface area contributed by atoms with Crippen LogP contribution < -0.4 is 10.2 Å². The lowest BCUT2D eigenvalue weighted by Gasteiger charge is -2.27. The van der Waals surface area contributed by atoms with E-state index in [1.165, 1.54) is 11.8 Å². The molecule has 1 atom stereocenters. The molecular formula is C24H27N5O3S. The van der Waals surface area contributed by atoms with E-state index in [9.17, 15) is 9.59 Å². The Hall–Kier alpha value is -3.17. The maximum absolute atomic E-state index is 13.3. The Balaban J connectivity index is 1.57. The van der Waals surface area contributed by atoms with Gasteiger partial charge >= 0.3 is 0 Å². The first-order chi connectivity index (χ1) is 16.0. The molecule has 2 heterocycles. The number of nitrogens with zero attached hydrogens (tertiary/aromatic N) is 4. The maximum Gasteiger partial charge on any atom is 0.237 e. The van der Waals surface area contributed by atoms with Crippen molar-refractivity contribution in [2.75, 3.05) is 29.7 Å². The molecule has 0 bridgehead atoms. The van der Waals surface area contributed by atoms with Gasteiger partial charge in [0.15, 0.2) is 11.0 Å². The number of para-hydroxylation sites is 2. The van der Waals surface area contributed by atoms with Gasteiger partial charge in [0.1, 0.15) is 0 Å². The number of ether oxygens (including phenoxy) is 1. The van der Waals surface area contributed by atoms with Crippen molar-refractivity contribution in [3.05, 3.63) is 54.1 Å². The van der Waals surface area contributed by atoms with Crippen LogP contribution in [0.4, 0.5) is 11.4 Å². The fourth-order valence-electron chi connectivity index (χ4n) is 3.94. The number of aromatic nitrogens is 3. The molecule has 2 amide bonds. The molecule has 1 aromatic heterocycles. The lowest BCUT2D eigenvalue weighted by molar-refractivity contribution is -0.117. The van der Waals surface area contributed by atoms with Crippen LogP contribution in [-0.2, 0) is 20.9 Å². The van der Waals surface area contributed by atoms with E-state index in [-0.39, 0.29) is 30.0 Å². The first-order valence-electron chi connectivity index (χ1n) is 10.8. The van der Waals surface area contributed by atoms with Crippen molar-refractivity contribution in [3.63, 3.8) is 0 Å². The molecule has 0 saturated heterocycles. The average molecular weight is 466 g/mol. The van der Waals surface area contributed by atoms with Crippen LogP contribution in [0.15, 0.2) is 53.7 Å². The zero-order chi connectivity index (χ0) is 23.4. The third-order valence-electron chi connectivity index (χ3n) is 5.46. The minimum atomic E-state index is -0.254. The lowest BCUT2D eigenvalue weighted by Crippen LogP contribution is -2.40. The molecule has 9 heteroatoms. The third kappa shape index (κ3) is 5.09. The molecule has 0 fully saturated rings. The van der Waals surface area contributed by atoms with E-state index in [1.807, 2.05) is 60.9 Å². The van der Waals surface area contributed by atoms with Crippen LogP contribution in [-0.4, -0.2) is 52.1 Å². The molecule has 4 rings (SSSR count). The molecule has 1 N–H and O–H groups in total. The average Bonchev–Trinajstić information content (AvgIpc) is 3.14. The Bertz CT molecular complexity index is 1160. The highest BCUT2D eigenvalue weighted by molar-refractivity contribution is 7.99. The standard InChI is InChI=1S/C24H27N5O3S/c1-16-7-6-8-18(13-16)23-26-27-24(28(23)11-12-32-3)33-15-22(31)29-17(2)14-21(30)25-19-9-4-5-10-20(19)29/h4-10,13,17H,11-12,14-15H2,1-3H3,(H,25,30)/t17-/m1/s1. The van der Waals surface area contributed by atoms with Gasteiger partial charge < -0.3 is 15.0 Å². The van der Waals surface area contributed by atoms with Crippen LogP contribution in [0.1, 0.15) is 18.9 Å². The number of rotatable bonds is 7. The summed E-state index contributed by atoms with van der Waals surface area (Å²) < 4.78 is 7.27. The van der Waals surface area contributed by atoms with Gasteiger partial charge in [0.2, 0.25) is 11.8 Å². The van der Waals surface area contributed by atoms with Crippen LogP contribution in [0.5, 0.6) is 0 Å². The quantitative estimate of drug-likeness (QED) is 0.535. The SMILES string of the molecule is COCCn1c(SCC(=O)N2c3ccccc3NC(=O)C[C@H]2C)nnc1-c1cccc(C)c1. The van der Waals surface area contributed by atoms with Crippen molar-refractivity contribution in [1.29, 1.82) is 0 Å². The highest BCUT2D eigenvalue weighted by Crippen LogP contribution is 2.32. The summed E-state index contributed by atoms with van der Waals surface area (Å²) in [6.45, 7) is 5.00. The Morgan fingerprint density at radius 2 is 2.03 bits per heavy atom. The summed E-state index contributed by atoms with van der Waals surface area (Å²) in [5.41, 5.74) is 3.46. The zero-order valence-electron chi connectivity index (χ0n) is 18.9. The Kier molecular flexibility index (Phi) is 7.10. The first kappa shape index (κ1) is 23.0. The number of anilines is 2. The van der Waals surface area contributed by atoms with Gasteiger partial charge in [0.05, 0.1) is 30.3 Å². The lowest BCUT2D eigenvalue weighted by atomic mass is 10.1. The second-order valence-corrected chi connectivity index (χ2v) is 8.93. The summed E-state index contributed by atoms with van der Waals surface area (Å²) >= 11 is 1.34. The van der Waals surface area contributed by atoms with Gasteiger partial charge in [-0.2, -0.15) is 0 Å². The van der Waals surface area contributed by atoms with E-state index < -0.39 is 0 Å². The Labute approximate surface area is 197 Å². The molecule has 1 aliphatic heterocycles. The Morgan fingerprint density at radius 3 is 2.82 bits per heavy atom. The predicted molar refractivity (Wildman–Crippen MR) is 129 cm³/mol. The second-order valence-electron chi connectivity index (χ2n) is 7.99. The molecule has 33 heavy (non-hydrogen) atoms. The minimum Gasteiger partial charge on any atom is -0.383 e. The Morgan fingerprint density at radius 1 is 1.21 bits per heavy atom. The molecular weight excluding hydrogens is 438 g/mol. The van der Waals surface area contributed by atoms with Gasteiger partial charge in [0.25, 0.3) is 0 Å². The fraction of sp³-hybridized carbons (Fsp3) is 0.333. The largest absolute Gasteiger partial charge is 0.383 e. The molecule has 0 aliphatic carbocycles. The van der Waals surface area contributed by atoms with Gasteiger partial charge in [-0.1, -0.05) is 47.7 Å². The molecule has 0 radical (unpaired) electrons. The number of amides is 2. The van der Waals surface area contributed by atoms with E-state index in [0.29, 0.717) is 29.7 Å². The summed E-state index contributed by atoms with van der Waals surface area (Å²) in [6.07, 6.45) is 0.243. The van der Waals surface area contributed by atoms with Crippen LogP contribution >= 0.6 is 11.8 Å². The number of fused-ring (bicyclic) bond motifs is 1. The van der Waals surface area contributed by atoms with Gasteiger partial charge in [-0.3, -0.25) is 14.2 Å². The van der Waals surface area contributed by atoms with E-state index in [1.54, 1.807) is 12.0 Å². The van der Waals surface area contributed by atoms with Crippen molar-refractivity contribution in [2.45, 2.75) is 38.0 Å². The molecule has 8 nitrogen and oxygen atoms in total. The number of carbonyl (C=O) groups is 2. The third-order valence-corrected chi connectivity index (χ3v) is 6.42. The van der Waals surface area contributed by atoms with E-state index in [2.05, 4.69) is 21.6 Å². The number of methoxy groups -OCH3 is 1. The number of nitrogens with one attached hydrogen (secondary N) is 1. The molecule has 0 unspecified atom stereocenters. The molecule has 0 spiro atoms. The van der Waals surface area contributed by atoms with E-state index in [4.69, 9.17) is 4.74 Å². The van der Waals surface area contributed by atoms with Gasteiger partial charge in [-0.05, 0) is 32.0 Å². The monoisotopic (exact) mass is 465 g/mol. The number of hydrogen-bond donors (Lipinski definition) is 1. The van der Waals surface area contributed by atoms with Crippen molar-refractivity contribution in [1.82, 2.24) is 14.8 Å². The summed E-state index contributed by atoms with van der Waals surface area (Å²) in [5.74, 6) is 0.732. The second kappa shape index (κ2) is 10.2. The van der Waals surface area contributed by atoms with E-state index >= 15 is 0 Å². The van der Waals surface area contributed by atoms with Crippen LogP contribution in [0.25, 0.3) is 11.4 Å². The van der Waals surface area contributed by atoms with Gasteiger partial charge in [-0.15, -0.1) is 10.2 Å². The topological polar surface area (TPSA) is 89.4 Å². The van der Waals surface area contributed by atoms with Crippen molar-refractivity contribution in [3.8, 4) is 11.4 Å². The van der Waals surface area contributed by atoms with Gasteiger partial charge in [0, 0.05) is 25.1 Å². The van der Waals surface area contributed by atoms with Crippen molar-refractivity contribution < 1.29 is 14.3 Å². The highest BCUT2D eigenvalue weighted by Gasteiger charge is 2.30. The maximum atomic E-state index is 13.3. The van der Waals surface area contributed by atoms with Crippen LogP contribution in [0.2, 0.25) is 0 Å². The normalized spacial score (nSPS) is 15.7. The molecule has 1 aliphatic rings.